The molecule has 1 aliphatic rings. The van der Waals surface area contributed by atoms with Gasteiger partial charge in [0.2, 0.25) is 10.0 Å². The molecule has 11 heteroatoms. The fourth-order valence-electron chi connectivity index (χ4n) is 4.79. The van der Waals surface area contributed by atoms with E-state index in [0.29, 0.717) is 23.2 Å². The summed E-state index contributed by atoms with van der Waals surface area (Å²) in [6.45, 7) is 2.56. The second-order valence-electron chi connectivity index (χ2n) is 8.99. The van der Waals surface area contributed by atoms with E-state index in [1.165, 1.54) is 7.11 Å². The van der Waals surface area contributed by atoms with Gasteiger partial charge in [-0.15, -0.1) is 0 Å². The molecule has 1 saturated heterocycles. The van der Waals surface area contributed by atoms with Crippen LogP contribution in [0.25, 0.3) is 5.69 Å². The summed E-state index contributed by atoms with van der Waals surface area (Å²) in [7, 11) is -1.99. The summed E-state index contributed by atoms with van der Waals surface area (Å²) in [6, 6.07) is 22.5. The van der Waals surface area contributed by atoms with Crippen molar-refractivity contribution in [3.63, 3.8) is 0 Å². The lowest BCUT2D eigenvalue weighted by molar-refractivity contribution is 0.340. The van der Waals surface area contributed by atoms with Gasteiger partial charge in [-0.3, -0.25) is 9.71 Å². The van der Waals surface area contributed by atoms with E-state index in [1.807, 2.05) is 72.6 Å². The van der Waals surface area contributed by atoms with Crippen LogP contribution in [0.5, 0.6) is 11.5 Å². The number of nitrogens with zero attached hydrogens (tertiary/aromatic N) is 3. The van der Waals surface area contributed by atoms with E-state index in [-0.39, 0.29) is 12.1 Å². The normalized spacial score (nSPS) is 17.1. The van der Waals surface area contributed by atoms with Crippen LogP contribution in [-0.2, 0) is 10.0 Å². The maximum atomic E-state index is 11.9. The highest BCUT2D eigenvalue weighted by molar-refractivity contribution is 7.92. The summed E-state index contributed by atoms with van der Waals surface area (Å²) in [4.78, 5) is 6.65. The van der Waals surface area contributed by atoms with Crippen LogP contribution in [-0.4, -0.2) is 43.1 Å². The summed E-state index contributed by atoms with van der Waals surface area (Å²) in [5, 5.41) is 3.98. The number of nitrogens with one attached hydrogen (secondary N) is 2. The van der Waals surface area contributed by atoms with Crippen molar-refractivity contribution in [3.8, 4) is 17.2 Å². The Hall–Kier alpha value is -4.09. The predicted molar refractivity (Wildman–Crippen MR) is 156 cm³/mol. The first-order chi connectivity index (χ1) is 18.8. The van der Waals surface area contributed by atoms with Gasteiger partial charge < -0.3 is 24.3 Å². The second-order valence-corrected chi connectivity index (χ2v) is 11.1. The van der Waals surface area contributed by atoms with Crippen LogP contribution in [0.1, 0.15) is 30.4 Å². The molecule has 1 fully saturated rings. The first-order valence-corrected chi connectivity index (χ1v) is 14.7. The zero-order valence-electron chi connectivity index (χ0n) is 21.7. The highest BCUT2D eigenvalue weighted by Gasteiger charge is 2.42. The van der Waals surface area contributed by atoms with E-state index in [0.717, 1.165) is 34.8 Å². The van der Waals surface area contributed by atoms with Crippen molar-refractivity contribution in [2.75, 3.05) is 29.6 Å². The number of sulfonamides is 1. The van der Waals surface area contributed by atoms with Gasteiger partial charge in [-0.05, 0) is 79.8 Å². The van der Waals surface area contributed by atoms with Gasteiger partial charge in [0, 0.05) is 35.5 Å². The van der Waals surface area contributed by atoms with Gasteiger partial charge in [0.05, 0.1) is 37.4 Å². The third-order valence-electron chi connectivity index (χ3n) is 6.37. The Bertz CT molecular complexity index is 1570. The standard InChI is InChI=1S/C28H29N5O4S2/c1-4-37-21-13-10-19(11-14-21)32-17-7-9-24(32)27-26(23-8-5-6-16-29-23)30-28(38)33(27)20-12-15-22(25(18-20)36-2)31-39(3,34)35/h5-18,26-27,31H,4H2,1-3H3,(H,30,38)/t26-,27+/m0/s1. The molecule has 1 aliphatic heterocycles. The highest BCUT2D eigenvalue weighted by Crippen LogP contribution is 2.44. The van der Waals surface area contributed by atoms with Gasteiger partial charge in [0.1, 0.15) is 17.5 Å². The molecule has 0 unspecified atom stereocenters. The maximum absolute atomic E-state index is 11.9. The Kier molecular flexibility index (Phi) is 7.45. The molecule has 202 valence electrons. The smallest absolute Gasteiger partial charge is 0.229 e. The third-order valence-corrected chi connectivity index (χ3v) is 7.27. The zero-order valence-corrected chi connectivity index (χ0v) is 23.4. The van der Waals surface area contributed by atoms with Gasteiger partial charge >= 0.3 is 0 Å². The van der Waals surface area contributed by atoms with Gasteiger partial charge in [0.15, 0.2) is 5.11 Å². The molecule has 9 nitrogen and oxygen atoms in total. The van der Waals surface area contributed by atoms with Crippen molar-refractivity contribution in [1.82, 2.24) is 14.9 Å². The third kappa shape index (κ3) is 5.55. The second kappa shape index (κ2) is 11.0. The number of pyridine rings is 1. The lowest BCUT2D eigenvalue weighted by atomic mass is 10.0. The molecule has 0 amide bonds. The number of hydrogen-bond acceptors (Lipinski definition) is 6. The molecule has 0 saturated carbocycles. The molecule has 39 heavy (non-hydrogen) atoms. The molecule has 0 spiro atoms. The van der Waals surface area contributed by atoms with Crippen molar-refractivity contribution >= 4 is 38.7 Å². The summed E-state index contributed by atoms with van der Waals surface area (Å²) in [5.41, 5.74) is 3.89. The summed E-state index contributed by atoms with van der Waals surface area (Å²) in [5.74, 6) is 1.18. The van der Waals surface area contributed by atoms with Crippen LogP contribution in [0.3, 0.4) is 0 Å². The Balaban J connectivity index is 1.61. The van der Waals surface area contributed by atoms with Crippen molar-refractivity contribution in [3.05, 3.63) is 96.6 Å². The minimum atomic E-state index is -3.49. The van der Waals surface area contributed by atoms with Crippen molar-refractivity contribution < 1.29 is 17.9 Å². The Morgan fingerprint density at radius 1 is 1.05 bits per heavy atom. The molecule has 2 N–H and O–H groups in total. The van der Waals surface area contributed by atoms with E-state index < -0.39 is 10.0 Å². The molecule has 2 atom stereocenters. The van der Waals surface area contributed by atoms with Gasteiger partial charge in [0.25, 0.3) is 0 Å². The van der Waals surface area contributed by atoms with E-state index in [9.17, 15) is 8.42 Å². The minimum absolute atomic E-state index is 0.255. The molecular formula is C28H29N5O4S2. The number of hydrogen-bond donors (Lipinski definition) is 2. The highest BCUT2D eigenvalue weighted by atomic mass is 32.2. The SMILES string of the molecule is CCOc1ccc(-n2cccc2[C@@H]2[C@H](c3ccccn3)NC(=S)N2c2ccc(NS(C)(=O)=O)c(OC)c2)cc1. The Morgan fingerprint density at radius 2 is 1.82 bits per heavy atom. The molecule has 0 radical (unpaired) electrons. The largest absolute Gasteiger partial charge is 0.494 e. The molecule has 3 heterocycles. The Morgan fingerprint density at radius 3 is 2.49 bits per heavy atom. The van der Waals surface area contributed by atoms with Crippen LogP contribution < -0.4 is 24.4 Å². The van der Waals surface area contributed by atoms with Crippen molar-refractivity contribution in [2.24, 2.45) is 0 Å². The summed E-state index contributed by atoms with van der Waals surface area (Å²) < 4.78 is 39.5. The lowest BCUT2D eigenvalue weighted by Crippen LogP contribution is -2.30. The molecule has 2 aromatic carbocycles. The van der Waals surface area contributed by atoms with Crippen LogP contribution in [0.15, 0.2) is 85.2 Å². The quantitative estimate of drug-likeness (QED) is 0.280. The maximum Gasteiger partial charge on any atom is 0.229 e. The van der Waals surface area contributed by atoms with Crippen LogP contribution in [0, 0.1) is 0 Å². The van der Waals surface area contributed by atoms with Gasteiger partial charge in [-0.1, -0.05) is 6.07 Å². The minimum Gasteiger partial charge on any atom is -0.494 e. The first kappa shape index (κ1) is 26.5. The number of benzene rings is 2. The molecule has 5 rings (SSSR count). The fourth-order valence-corrected chi connectivity index (χ4v) is 5.70. The molecule has 0 bridgehead atoms. The molecule has 0 aliphatic carbocycles. The zero-order chi connectivity index (χ0) is 27.6. The van der Waals surface area contributed by atoms with Crippen molar-refractivity contribution in [1.29, 1.82) is 0 Å². The van der Waals surface area contributed by atoms with Crippen LogP contribution in [0.4, 0.5) is 11.4 Å². The number of anilines is 2. The topological polar surface area (TPSA) is 97.7 Å². The molecule has 4 aromatic rings. The predicted octanol–water partition coefficient (Wildman–Crippen LogP) is 4.83. The van der Waals surface area contributed by atoms with Gasteiger partial charge in [-0.2, -0.15) is 0 Å². The average Bonchev–Trinajstić information content (AvgIpc) is 3.53. The number of aromatic nitrogens is 2. The monoisotopic (exact) mass is 563 g/mol. The van der Waals surface area contributed by atoms with E-state index in [2.05, 4.69) is 25.7 Å². The van der Waals surface area contributed by atoms with Crippen molar-refractivity contribution in [2.45, 2.75) is 19.0 Å². The van der Waals surface area contributed by atoms with E-state index in [1.54, 1.807) is 18.3 Å². The number of ether oxygens (including phenoxy) is 2. The lowest BCUT2D eigenvalue weighted by Gasteiger charge is -2.29. The number of thiocarbonyl (C=S) groups is 1. The Labute approximate surface area is 233 Å². The van der Waals surface area contributed by atoms with Crippen LogP contribution >= 0.6 is 12.2 Å². The fraction of sp³-hybridized carbons (Fsp3) is 0.214. The number of methoxy groups -OCH3 is 1. The first-order valence-electron chi connectivity index (χ1n) is 12.4. The summed E-state index contributed by atoms with van der Waals surface area (Å²) >= 11 is 5.87. The molecule has 2 aromatic heterocycles. The van der Waals surface area contributed by atoms with E-state index >= 15 is 0 Å². The van der Waals surface area contributed by atoms with E-state index in [4.69, 9.17) is 21.7 Å². The van der Waals surface area contributed by atoms with Gasteiger partial charge in [-0.25, -0.2) is 8.42 Å². The van der Waals surface area contributed by atoms with Crippen LogP contribution in [0.2, 0.25) is 0 Å². The molecular weight excluding hydrogens is 534 g/mol. The number of rotatable bonds is 9. The average molecular weight is 564 g/mol. The summed E-state index contributed by atoms with van der Waals surface area (Å²) in [6.07, 6.45) is 4.88.